The van der Waals surface area contributed by atoms with Crippen molar-refractivity contribution < 1.29 is 14.3 Å². The number of carbonyl (C=O) groups is 1. The summed E-state index contributed by atoms with van der Waals surface area (Å²) >= 11 is 0. The van der Waals surface area contributed by atoms with E-state index in [-0.39, 0.29) is 41.4 Å². The highest BCUT2D eigenvalue weighted by molar-refractivity contribution is 5.96. The van der Waals surface area contributed by atoms with Crippen LogP contribution in [0.3, 0.4) is 0 Å². The van der Waals surface area contributed by atoms with Crippen molar-refractivity contribution in [3.05, 3.63) is 77.4 Å². The van der Waals surface area contributed by atoms with Crippen molar-refractivity contribution in [3.8, 4) is 23.3 Å². The Bertz CT molecular complexity index is 1170. The third kappa shape index (κ3) is 6.36. The number of hydrogen-bond donors (Lipinski definition) is 6. The van der Waals surface area contributed by atoms with Gasteiger partial charge in [0.1, 0.15) is 23.2 Å². The Morgan fingerprint density at radius 2 is 1.22 bits per heavy atom. The van der Waals surface area contributed by atoms with Gasteiger partial charge in [0.25, 0.3) is 5.91 Å². The van der Waals surface area contributed by atoms with Gasteiger partial charge in [-0.3, -0.25) is 15.6 Å². The van der Waals surface area contributed by atoms with Crippen molar-refractivity contribution in [2.24, 2.45) is 17.2 Å². The molecule has 0 bridgehead atoms. The van der Waals surface area contributed by atoms with Crippen molar-refractivity contribution in [1.29, 1.82) is 10.8 Å². The average Bonchev–Trinajstić information content (AvgIpc) is 2.86. The van der Waals surface area contributed by atoms with Crippen molar-refractivity contribution in [2.75, 3.05) is 0 Å². The van der Waals surface area contributed by atoms with E-state index in [4.69, 9.17) is 37.5 Å². The molecule has 1 aliphatic carbocycles. The molecule has 4 rings (SSSR count). The Morgan fingerprint density at radius 1 is 0.778 bits per heavy atom. The largest absolute Gasteiger partial charge is 0.439 e. The van der Waals surface area contributed by atoms with E-state index in [0.29, 0.717) is 28.2 Å². The van der Waals surface area contributed by atoms with Crippen LogP contribution in [0.4, 0.5) is 0 Å². The van der Waals surface area contributed by atoms with Crippen LogP contribution in [-0.4, -0.2) is 34.6 Å². The molecule has 0 spiro atoms. The van der Waals surface area contributed by atoms with Gasteiger partial charge in [0.2, 0.25) is 11.8 Å². The molecule has 1 amide bonds. The minimum absolute atomic E-state index is 0.0477. The number of amides is 1. The first kappa shape index (κ1) is 24.7. The molecule has 1 fully saturated rings. The Labute approximate surface area is 208 Å². The lowest BCUT2D eigenvalue weighted by Crippen LogP contribution is -2.40. The highest BCUT2D eigenvalue weighted by Crippen LogP contribution is 2.28. The van der Waals surface area contributed by atoms with Crippen LogP contribution >= 0.6 is 0 Å². The highest BCUT2D eigenvalue weighted by atomic mass is 16.5. The first-order valence-electron chi connectivity index (χ1n) is 11.6. The molecular formula is C26H29N7O3. The summed E-state index contributed by atoms with van der Waals surface area (Å²) in [5.74, 6) is 0.901. The number of pyridine rings is 1. The third-order valence-corrected chi connectivity index (χ3v) is 5.92. The van der Waals surface area contributed by atoms with E-state index in [2.05, 4.69) is 10.3 Å². The van der Waals surface area contributed by atoms with Crippen molar-refractivity contribution in [3.63, 3.8) is 0 Å². The molecule has 36 heavy (non-hydrogen) atoms. The molecule has 1 saturated carbocycles. The zero-order valence-corrected chi connectivity index (χ0v) is 19.7. The van der Waals surface area contributed by atoms with Gasteiger partial charge in [-0.1, -0.05) is 0 Å². The lowest BCUT2D eigenvalue weighted by atomic mass is 9.91. The number of nitrogens with two attached hydrogens (primary N) is 3. The number of ether oxygens (including phenoxy) is 2. The zero-order chi connectivity index (χ0) is 25.7. The highest BCUT2D eigenvalue weighted by Gasteiger charge is 2.22. The lowest BCUT2D eigenvalue weighted by Gasteiger charge is -2.26. The average molecular weight is 488 g/mol. The maximum absolute atomic E-state index is 13.1. The summed E-state index contributed by atoms with van der Waals surface area (Å²) in [7, 11) is 0. The van der Waals surface area contributed by atoms with Gasteiger partial charge in [0, 0.05) is 35.3 Å². The number of benzene rings is 2. The van der Waals surface area contributed by atoms with E-state index in [1.54, 1.807) is 60.7 Å². The van der Waals surface area contributed by atoms with Gasteiger partial charge in [-0.2, -0.15) is 4.98 Å². The minimum Gasteiger partial charge on any atom is -0.439 e. The predicted octanol–water partition coefficient (Wildman–Crippen LogP) is 3.23. The van der Waals surface area contributed by atoms with Crippen LogP contribution in [0.2, 0.25) is 0 Å². The van der Waals surface area contributed by atoms with Gasteiger partial charge >= 0.3 is 0 Å². The van der Waals surface area contributed by atoms with Crippen LogP contribution < -0.4 is 32.0 Å². The number of nitrogens with one attached hydrogen (secondary N) is 3. The number of carbonyl (C=O) groups excluding carboxylic acids is 1. The second kappa shape index (κ2) is 10.9. The Hall–Kier alpha value is -4.44. The smallest absolute Gasteiger partial charge is 0.251 e. The molecule has 9 N–H and O–H groups in total. The van der Waals surface area contributed by atoms with Crippen LogP contribution in [0, 0.1) is 10.8 Å². The molecule has 0 unspecified atom stereocenters. The fourth-order valence-corrected chi connectivity index (χ4v) is 3.90. The van der Waals surface area contributed by atoms with Crippen molar-refractivity contribution in [1.82, 2.24) is 10.3 Å². The van der Waals surface area contributed by atoms with Gasteiger partial charge in [-0.05, 0) is 74.2 Å². The SMILES string of the molecule is N=C(N)c1ccc(Oc2cc(C(=O)NC3CCC(N)CC3)cc(Oc3ccc(C(=N)N)cc3)n2)cc1. The van der Waals surface area contributed by atoms with Crippen LogP contribution in [-0.2, 0) is 0 Å². The summed E-state index contributed by atoms with van der Waals surface area (Å²) < 4.78 is 11.8. The van der Waals surface area contributed by atoms with E-state index in [0.717, 1.165) is 25.7 Å². The molecule has 1 aromatic heterocycles. The number of nitrogens with zero attached hydrogens (tertiary/aromatic N) is 1. The third-order valence-electron chi connectivity index (χ3n) is 5.92. The van der Waals surface area contributed by atoms with E-state index in [1.165, 1.54) is 0 Å². The monoisotopic (exact) mass is 487 g/mol. The lowest BCUT2D eigenvalue weighted by molar-refractivity contribution is 0.0925. The first-order chi connectivity index (χ1) is 17.3. The zero-order valence-electron chi connectivity index (χ0n) is 19.7. The van der Waals surface area contributed by atoms with E-state index in [1.807, 2.05) is 0 Å². The molecule has 0 saturated heterocycles. The number of amidine groups is 2. The molecule has 1 heterocycles. The number of hydrogen-bond acceptors (Lipinski definition) is 7. The topological polar surface area (TPSA) is 186 Å². The van der Waals surface area contributed by atoms with Gasteiger partial charge in [0.05, 0.1) is 5.56 Å². The Kier molecular flexibility index (Phi) is 7.45. The molecule has 186 valence electrons. The Balaban J connectivity index is 1.58. The maximum Gasteiger partial charge on any atom is 0.251 e. The van der Waals surface area contributed by atoms with Gasteiger partial charge in [-0.25, -0.2) is 0 Å². The first-order valence-corrected chi connectivity index (χ1v) is 11.6. The second-order valence-corrected chi connectivity index (χ2v) is 8.70. The standard InChI is InChI=1S/C26H29N7O3/c27-18-5-7-19(8-6-18)32-26(34)17-13-22(35-20-9-1-15(2-10-20)24(28)29)33-23(14-17)36-21-11-3-16(4-12-21)25(30)31/h1-4,9-14,18-19H,5-8,27H2,(H3,28,29)(H3,30,31)(H,32,34). The van der Waals surface area contributed by atoms with E-state index in [9.17, 15) is 4.79 Å². The van der Waals surface area contributed by atoms with Crippen LogP contribution in [0.5, 0.6) is 23.3 Å². The molecular weight excluding hydrogens is 458 g/mol. The fourth-order valence-electron chi connectivity index (χ4n) is 3.90. The molecule has 10 heteroatoms. The summed E-state index contributed by atoms with van der Waals surface area (Å²) in [6, 6.07) is 16.6. The molecule has 10 nitrogen and oxygen atoms in total. The molecule has 2 aromatic carbocycles. The van der Waals surface area contributed by atoms with Gasteiger partial charge in [-0.15, -0.1) is 0 Å². The van der Waals surface area contributed by atoms with E-state index < -0.39 is 0 Å². The Morgan fingerprint density at radius 3 is 1.64 bits per heavy atom. The maximum atomic E-state index is 13.1. The van der Waals surface area contributed by atoms with Crippen molar-refractivity contribution >= 4 is 17.6 Å². The summed E-state index contributed by atoms with van der Waals surface area (Å²) in [5.41, 5.74) is 18.5. The fraction of sp³-hybridized carbons (Fsp3) is 0.231. The molecule has 0 radical (unpaired) electrons. The normalized spacial score (nSPS) is 17.1. The van der Waals surface area contributed by atoms with Crippen LogP contribution in [0.25, 0.3) is 0 Å². The molecule has 3 aromatic rings. The van der Waals surface area contributed by atoms with E-state index >= 15 is 0 Å². The number of nitrogen functional groups attached to an aromatic ring is 2. The molecule has 0 aliphatic heterocycles. The molecule has 0 atom stereocenters. The molecule has 1 aliphatic rings. The van der Waals surface area contributed by atoms with Crippen molar-refractivity contribution in [2.45, 2.75) is 37.8 Å². The quantitative estimate of drug-likeness (QED) is 0.208. The number of aromatic nitrogens is 1. The second-order valence-electron chi connectivity index (χ2n) is 8.70. The van der Waals surface area contributed by atoms with Crippen LogP contribution in [0.1, 0.15) is 47.2 Å². The van der Waals surface area contributed by atoms with Gasteiger partial charge < -0.3 is 32.0 Å². The summed E-state index contributed by atoms with van der Waals surface area (Å²) in [6.07, 6.45) is 3.40. The minimum atomic E-state index is -0.258. The predicted molar refractivity (Wildman–Crippen MR) is 137 cm³/mol. The number of rotatable bonds is 8. The van der Waals surface area contributed by atoms with Crippen LogP contribution in [0.15, 0.2) is 60.7 Å². The summed E-state index contributed by atoms with van der Waals surface area (Å²) in [5, 5.41) is 18.1. The van der Waals surface area contributed by atoms with Gasteiger partial charge in [0.15, 0.2) is 0 Å². The summed E-state index contributed by atoms with van der Waals surface area (Å²) in [6.45, 7) is 0. The summed E-state index contributed by atoms with van der Waals surface area (Å²) in [4.78, 5) is 17.5.